The third-order valence-electron chi connectivity index (χ3n) is 7.70. The topological polar surface area (TPSA) is 32.3 Å². The number of aliphatic hydroxyl groups is 1. The first kappa shape index (κ1) is 14.1. The fourth-order valence-electron chi connectivity index (χ4n) is 6.76. The van der Waals surface area contributed by atoms with E-state index in [9.17, 15) is 5.11 Å². The second kappa shape index (κ2) is 4.40. The Morgan fingerprint density at radius 3 is 3.00 bits per heavy atom. The summed E-state index contributed by atoms with van der Waals surface area (Å²) >= 11 is 0. The van der Waals surface area contributed by atoms with E-state index in [0.29, 0.717) is 30.5 Å². The molecular formula is C20H27N2O+. The summed E-state index contributed by atoms with van der Waals surface area (Å²) in [5.74, 6) is 0.899. The Hall–Kier alpha value is -1.32. The van der Waals surface area contributed by atoms with Gasteiger partial charge < -0.3 is 14.9 Å². The number of quaternary nitrogens is 1. The van der Waals surface area contributed by atoms with E-state index in [4.69, 9.17) is 0 Å². The van der Waals surface area contributed by atoms with Gasteiger partial charge in [0.2, 0.25) is 0 Å². The molecule has 3 heteroatoms. The van der Waals surface area contributed by atoms with E-state index in [2.05, 4.69) is 49.6 Å². The van der Waals surface area contributed by atoms with Crippen molar-refractivity contribution < 1.29 is 9.59 Å². The van der Waals surface area contributed by atoms with E-state index in [1.54, 1.807) is 5.57 Å². The van der Waals surface area contributed by atoms with Gasteiger partial charge in [-0.3, -0.25) is 0 Å². The number of piperidine rings is 1. The van der Waals surface area contributed by atoms with Crippen LogP contribution >= 0.6 is 0 Å². The van der Waals surface area contributed by atoms with Gasteiger partial charge in [-0.1, -0.05) is 24.3 Å². The molecule has 1 aromatic carbocycles. The molecule has 3 fully saturated rings. The number of benzene rings is 1. The van der Waals surface area contributed by atoms with Crippen molar-refractivity contribution in [3.63, 3.8) is 0 Å². The number of nitrogens with one attached hydrogen (secondary N) is 1. The molecule has 1 saturated carbocycles. The number of hydrogen-bond acceptors (Lipinski definition) is 2. The third-order valence-corrected chi connectivity index (χ3v) is 7.70. The quantitative estimate of drug-likeness (QED) is 0.617. The fourth-order valence-corrected chi connectivity index (χ4v) is 6.76. The molecule has 1 aromatic rings. The van der Waals surface area contributed by atoms with Crippen LogP contribution in [0.3, 0.4) is 0 Å². The summed E-state index contributed by atoms with van der Waals surface area (Å²) < 4.78 is 1.20. The molecule has 0 aromatic heterocycles. The molecule has 3 heterocycles. The van der Waals surface area contributed by atoms with Gasteiger partial charge in [0.05, 0.1) is 19.0 Å². The molecule has 2 N–H and O–H groups in total. The normalized spacial score (nSPS) is 48.0. The van der Waals surface area contributed by atoms with Gasteiger partial charge in [-0.05, 0) is 30.0 Å². The molecule has 5 rings (SSSR count). The third kappa shape index (κ3) is 1.49. The highest BCUT2D eigenvalue weighted by molar-refractivity contribution is 5.64. The zero-order valence-electron chi connectivity index (χ0n) is 14.1. The maximum absolute atomic E-state index is 10.3. The van der Waals surface area contributed by atoms with Crippen molar-refractivity contribution in [2.75, 3.05) is 32.1 Å². The molecule has 4 aliphatic rings. The molecule has 2 saturated heterocycles. The smallest absolute Gasteiger partial charge is 0.102 e. The van der Waals surface area contributed by atoms with Gasteiger partial charge in [0.1, 0.15) is 12.6 Å². The van der Waals surface area contributed by atoms with Crippen LogP contribution in [0, 0.1) is 11.8 Å². The first-order chi connectivity index (χ1) is 11.1. The van der Waals surface area contributed by atoms with Crippen LogP contribution in [0.1, 0.15) is 25.3 Å². The summed E-state index contributed by atoms with van der Waals surface area (Å²) in [7, 11) is 2.47. The molecule has 3 aliphatic heterocycles. The summed E-state index contributed by atoms with van der Waals surface area (Å²) in [6, 6.07) is 10.0. The number of allylic oxidation sites excluding steroid dienone is 1. The standard InChI is InChI=1S/C20H27N2O/c1-3-13-11-22(2)9-8-20-16-6-4-5-7-17(16)21-19(20)15(12-23)14(13)10-18(20)22/h3-7,14-15,18-19,21,23H,8-12H2,1-2H3/q+1/b13-3+/t14-,15-,18-,19-,20+,22?/m0/s1. The van der Waals surface area contributed by atoms with E-state index in [1.165, 1.54) is 41.7 Å². The van der Waals surface area contributed by atoms with Gasteiger partial charge >= 0.3 is 0 Å². The predicted molar refractivity (Wildman–Crippen MR) is 92.3 cm³/mol. The second-order valence-electron chi connectivity index (χ2n) is 8.39. The highest BCUT2D eigenvalue weighted by Gasteiger charge is 2.70. The zero-order valence-corrected chi connectivity index (χ0v) is 14.1. The first-order valence-electron chi connectivity index (χ1n) is 9.10. The van der Waals surface area contributed by atoms with Crippen LogP contribution in [-0.2, 0) is 5.41 Å². The van der Waals surface area contributed by atoms with Gasteiger partial charge in [-0.2, -0.15) is 0 Å². The van der Waals surface area contributed by atoms with Gasteiger partial charge in [-0.25, -0.2) is 0 Å². The minimum absolute atomic E-state index is 0.231. The van der Waals surface area contributed by atoms with E-state index in [-0.39, 0.29) is 5.41 Å². The molecule has 1 spiro atoms. The molecule has 2 bridgehead atoms. The summed E-state index contributed by atoms with van der Waals surface area (Å²) in [5.41, 5.74) is 4.65. The lowest BCUT2D eigenvalue weighted by Gasteiger charge is -2.56. The zero-order chi connectivity index (χ0) is 15.8. The highest BCUT2D eigenvalue weighted by atomic mass is 16.3. The van der Waals surface area contributed by atoms with Crippen LogP contribution < -0.4 is 5.32 Å². The number of likely N-dealkylation sites (N-methyl/N-ethyl adjacent to an activating group) is 1. The van der Waals surface area contributed by atoms with Crippen LogP contribution in [0.2, 0.25) is 0 Å². The molecular weight excluding hydrogens is 284 g/mol. The van der Waals surface area contributed by atoms with E-state index < -0.39 is 0 Å². The predicted octanol–water partition coefficient (Wildman–Crippen LogP) is 2.53. The second-order valence-corrected chi connectivity index (χ2v) is 8.39. The maximum Gasteiger partial charge on any atom is 0.102 e. The number of aliphatic hydroxyl groups excluding tert-OH is 1. The molecule has 1 unspecified atom stereocenters. The number of nitrogens with zero attached hydrogens (tertiary/aromatic N) is 1. The monoisotopic (exact) mass is 311 g/mol. The summed E-state index contributed by atoms with van der Waals surface area (Å²) in [5, 5.41) is 14.1. The van der Waals surface area contributed by atoms with Crippen molar-refractivity contribution in [1.29, 1.82) is 0 Å². The molecule has 0 radical (unpaired) electrons. The summed E-state index contributed by atoms with van der Waals surface area (Å²) in [6.07, 6.45) is 4.83. The van der Waals surface area contributed by atoms with E-state index >= 15 is 0 Å². The van der Waals surface area contributed by atoms with Crippen molar-refractivity contribution in [2.24, 2.45) is 11.8 Å². The summed E-state index contributed by atoms with van der Waals surface area (Å²) in [6.45, 7) is 4.93. The lowest BCUT2D eigenvalue weighted by Crippen LogP contribution is -2.67. The van der Waals surface area contributed by atoms with Gasteiger partial charge in [-0.15, -0.1) is 0 Å². The first-order valence-corrected chi connectivity index (χ1v) is 9.10. The number of para-hydroxylation sites is 1. The minimum atomic E-state index is 0.231. The van der Waals surface area contributed by atoms with E-state index in [1.807, 2.05) is 0 Å². The van der Waals surface area contributed by atoms with Gasteiger partial charge in [0.15, 0.2) is 0 Å². The van der Waals surface area contributed by atoms with Gasteiger partial charge in [0.25, 0.3) is 0 Å². The Labute approximate surface area is 138 Å². The Bertz CT molecular complexity index is 699. The van der Waals surface area contributed by atoms with Crippen LogP contribution in [0.25, 0.3) is 0 Å². The fraction of sp³-hybridized carbons (Fsp3) is 0.600. The van der Waals surface area contributed by atoms with Crippen molar-refractivity contribution in [2.45, 2.75) is 37.3 Å². The highest BCUT2D eigenvalue weighted by Crippen LogP contribution is 2.62. The largest absolute Gasteiger partial charge is 0.396 e. The van der Waals surface area contributed by atoms with Crippen LogP contribution in [0.15, 0.2) is 35.9 Å². The van der Waals surface area contributed by atoms with Gasteiger partial charge in [0, 0.05) is 37.1 Å². The van der Waals surface area contributed by atoms with Crippen molar-refractivity contribution in [3.05, 3.63) is 41.5 Å². The average Bonchev–Trinajstić information content (AvgIpc) is 3.08. The molecule has 23 heavy (non-hydrogen) atoms. The van der Waals surface area contributed by atoms with Crippen LogP contribution in [0.5, 0.6) is 0 Å². The Morgan fingerprint density at radius 1 is 1.39 bits per heavy atom. The van der Waals surface area contributed by atoms with Crippen molar-refractivity contribution in [1.82, 2.24) is 0 Å². The average molecular weight is 311 g/mol. The molecule has 1 aliphatic carbocycles. The van der Waals surface area contributed by atoms with Crippen molar-refractivity contribution in [3.8, 4) is 0 Å². The molecule has 0 amide bonds. The van der Waals surface area contributed by atoms with Crippen LogP contribution in [0.4, 0.5) is 5.69 Å². The maximum atomic E-state index is 10.3. The van der Waals surface area contributed by atoms with E-state index in [0.717, 1.165) is 0 Å². The lowest BCUT2D eigenvalue weighted by atomic mass is 9.55. The lowest BCUT2D eigenvalue weighted by molar-refractivity contribution is -0.925. The Kier molecular flexibility index (Phi) is 2.69. The summed E-state index contributed by atoms with van der Waals surface area (Å²) in [4.78, 5) is 0. The van der Waals surface area contributed by atoms with Crippen molar-refractivity contribution >= 4 is 5.69 Å². The number of fused-ring (bicyclic) bond motifs is 2. The van der Waals surface area contributed by atoms with Crippen LogP contribution in [-0.4, -0.2) is 48.4 Å². The Balaban J connectivity index is 1.74. The number of rotatable bonds is 1. The molecule has 3 nitrogen and oxygen atoms in total. The molecule has 122 valence electrons. The minimum Gasteiger partial charge on any atom is -0.396 e. The Morgan fingerprint density at radius 2 is 2.22 bits per heavy atom. The molecule has 6 atom stereocenters. The number of hydrogen-bond donors (Lipinski definition) is 2. The SMILES string of the molecule is C/C=C1\C[N+]2(C)CC[C@]34c5ccccc5N[C@H]3[C@@H](CO)[C@H]1C[C@@H]42. The number of anilines is 1.